The van der Waals surface area contributed by atoms with Gasteiger partial charge in [0.15, 0.2) is 0 Å². The number of benzene rings is 1. The Balaban J connectivity index is 1.88. The average molecular weight is 271 g/mol. The molecule has 1 fully saturated rings. The summed E-state index contributed by atoms with van der Waals surface area (Å²) in [6.07, 6.45) is 5.62. The van der Waals surface area contributed by atoms with E-state index < -0.39 is 0 Å². The van der Waals surface area contributed by atoms with Gasteiger partial charge in [-0.05, 0) is 43.9 Å². The minimum Gasteiger partial charge on any atom is -0.399 e. The van der Waals surface area contributed by atoms with E-state index in [-0.39, 0.29) is 5.91 Å². The number of nitrogens with one attached hydrogen (secondary N) is 1. The van der Waals surface area contributed by atoms with Crippen LogP contribution in [0.3, 0.4) is 0 Å². The molecule has 0 aliphatic heterocycles. The summed E-state index contributed by atoms with van der Waals surface area (Å²) in [6.45, 7) is 3.68. The second kappa shape index (κ2) is 5.19. The zero-order valence-electron chi connectivity index (χ0n) is 11.9. The van der Waals surface area contributed by atoms with E-state index in [4.69, 9.17) is 5.73 Å². The molecule has 3 rings (SSSR count). The second-order valence-corrected chi connectivity index (χ2v) is 5.65. The second-order valence-electron chi connectivity index (χ2n) is 5.65. The maximum Gasteiger partial charge on any atom is 0.256 e. The normalized spacial score (nSPS) is 15.2. The third-order valence-electron chi connectivity index (χ3n) is 4.31. The van der Waals surface area contributed by atoms with E-state index in [9.17, 15) is 4.79 Å². The van der Waals surface area contributed by atoms with Crippen LogP contribution in [0.4, 0.5) is 5.69 Å². The lowest BCUT2D eigenvalue weighted by Crippen LogP contribution is -2.37. The molecule has 1 aromatic carbocycles. The van der Waals surface area contributed by atoms with E-state index in [2.05, 4.69) is 4.98 Å². The highest BCUT2D eigenvalue weighted by Crippen LogP contribution is 2.28. The number of H-pyrrole nitrogens is 1. The average Bonchev–Trinajstić information content (AvgIpc) is 2.80. The van der Waals surface area contributed by atoms with Crippen molar-refractivity contribution in [1.82, 2.24) is 9.88 Å². The minimum absolute atomic E-state index is 0.108. The van der Waals surface area contributed by atoms with Gasteiger partial charge in [0.1, 0.15) is 0 Å². The maximum absolute atomic E-state index is 12.7. The highest BCUT2D eigenvalue weighted by Gasteiger charge is 2.24. The molecule has 3 N–H and O–H groups in total. The van der Waals surface area contributed by atoms with Gasteiger partial charge in [-0.3, -0.25) is 4.79 Å². The van der Waals surface area contributed by atoms with Crippen LogP contribution in [0.25, 0.3) is 10.9 Å². The van der Waals surface area contributed by atoms with E-state index in [1.54, 1.807) is 6.20 Å². The molecule has 4 nitrogen and oxygen atoms in total. The summed E-state index contributed by atoms with van der Waals surface area (Å²) < 4.78 is 0. The Bertz CT molecular complexity index is 628. The molecule has 0 saturated heterocycles. The number of nitrogens with zero attached hydrogens (tertiary/aromatic N) is 1. The van der Waals surface area contributed by atoms with Crippen molar-refractivity contribution >= 4 is 22.5 Å². The molecule has 1 heterocycles. The van der Waals surface area contributed by atoms with Crippen LogP contribution in [0.15, 0.2) is 24.4 Å². The predicted molar refractivity (Wildman–Crippen MR) is 81.6 cm³/mol. The Hall–Kier alpha value is -1.97. The Labute approximate surface area is 118 Å². The van der Waals surface area contributed by atoms with Gasteiger partial charge in [-0.2, -0.15) is 0 Å². The summed E-state index contributed by atoms with van der Waals surface area (Å²) in [6, 6.07) is 5.64. The molecular weight excluding hydrogens is 250 g/mol. The van der Waals surface area contributed by atoms with Crippen LogP contribution in [0.5, 0.6) is 0 Å². The molecule has 0 spiro atoms. The number of nitrogens with two attached hydrogens (primary N) is 1. The molecular formula is C16H21N3O. The fourth-order valence-corrected chi connectivity index (χ4v) is 2.83. The number of aromatic nitrogens is 1. The number of hydrogen-bond acceptors (Lipinski definition) is 2. The largest absolute Gasteiger partial charge is 0.399 e. The Kier molecular flexibility index (Phi) is 3.38. The summed E-state index contributed by atoms with van der Waals surface area (Å²) in [4.78, 5) is 17.8. The molecule has 1 aromatic heterocycles. The smallest absolute Gasteiger partial charge is 0.256 e. The lowest BCUT2D eigenvalue weighted by atomic mass is 9.85. The van der Waals surface area contributed by atoms with Gasteiger partial charge in [-0.1, -0.05) is 6.42 Å². The van der Waals surface area contributed by atoms with Crippen molar-refractivity contribution < 1.29 is 4.79 Å². The molecule has 1 amide bonds. The summed E-state index contributed by atoms with van der Waals surface area (Å²) >= 11 is 0. The maximum atomic E-state index is 12.7. The van der Waals surface area contributed by atoms with Gasteiger partial charge in [0.05, 0.1) is 5.56 Å². The summed E-state index contributed by atoms with van der Waals surface area (Å²) in [5.41, 5.74) is 8.21. The molecule has 1 aliphatic rings. The first-order valence-corrected chi connectivity index (χ1v) is 7.35. The molecule has 0 radical (unpaired) electrons. The zero-order valence-corrected chi connectivity index (χ0v) is 11.9. The van der Waals surface area contributed by atoms with Crippen LogP contribution in [-0.4, -0.2) is 28.9 Å². The van der Waals surface area contributed by atoms with Gasteiger partial charge in [0, 0.05) is 35.9 Å². The first kappa shape index (κ1) is 13.0. The van der Waals surface area contributed by atoms with Crippen LogP contribution in [0.2, 0.25) is 0 Å². The van der Waals surface area contributed by atoms with Crippen molar-refractivity contribution in [2.24, 2.45) is 5.92 Å². The number of nitrogen functional groups attached to an aromatic ring is 1. The molecule has 2 aromatic rings. The molecule has 0 unspecified atom stereocenters. The standard InChI is InChI=1S/C16H21N3O/c1-2-19(10-11-4-3-5-11)16(20)14-9-18-15-7-6-12(17)8-13(14)15/h6-9,11,18H,2-5,10,17H2,1H3. The molecule has 0 atom stereocenters. The van der Waals surface area contributed by atoms with Crippen molar-refractivity contribution in [2.45, 2.75) is 26.2 Å². The number of amides is 1. The predicted octanol–water partition coefficient (Wildman–Crippen LogP) is 3.01. The van der Waals surface area contributed by atoms with Crippen molar-refractivity contribution in [3.05, 3.63) is 30.0 Å². The number of aromatic amines is 1. The van der Waals surface area contributed by atoms with Gasteiger partial charge in [0.2, 0.25) is 0 Å². The van der Waals surface area contributed by atoms with Crippen molar-refractivity contribution in [1.29, 1.82) is 0 Å². The van der Waals surface area contributed by atoms with Crippen LogP contribution in [-0.2, 0) is 0 Å². The summed E-state index contributed by atoms with van der Waals surface area (Å²) in [7, 11) is 0. The Morgan fingerprint density at radius 3 is 2.90 bits per heavy atom. The topological polar surface area (TPSA) is 62.1 Å². The molecule has 20 heavy (non-hydrogen) atoms. The van der Waals surface area contributed by atoms with Crippen molar-refractivity contribution in [3.8, 4) is 0 Å². The fourth-order valence-electron chi connectivity index (χ4n) is 2.83. The summed E-state index contributed by atoms with van der Waals surface area (Å²) in [5, 5.41) is 0.919. The number of hydrogen-bond donors (Lipinski definition) is 2. The lowest BCUT2D eigenvalue weighted by Gasteiger charge is -2.31. The van der Waals surface area contributed by atoms with Crippen molar-refractivity contribution in [2.75, 3.05) is 18.8 Å². The van der Waals surface area contributed by atoms with E-state index in [0.29, 0.717) is 11.6 Å². The Morgan fingerprint density at radius 1 is 1.45 bits per heavy atom. The SMILES string of the molecule is CCN(CC1CCC1)C(=O)c1c[nH]c2ccc(N)cc12. The lowest BCUT2D eigenvalue weighted by molar-refractivity contribution is 0.0708. The van der Waals surface area contributed by atoms with Crippen LogP contribution in [0, 0.1) is 5.92 Å². The van der Waals surface area contributed by atoms with Crippen LogP contribution < -0.4 is 5.73 Å². The first-order chi connectivity index (χ1) is 9.69. The quantitative estimate of drug-likeness (QED) is 0.840. The van der Waals surface area contributed by atoms with Crippen molar-refractivity contribution in [3.63, 3.8) is 0 Å². The molecule has 1 saturated carbocycles. The molecule has 1 aliphatic carbocycles. The highest BCUT2D eigenvalue weighted by molar-refractivity contribution is 6.07. The van der Waals surface area contributed by atoms with E-state index in [1.165, 1.54) is 19.3 Å². The molecule has 4 heteroatoms. The van der Waals surface area contributed by atoms with Gasteiger partial charge >= 0.3 is 0 Å². The third-order valence-corrected chi connectivity index (χ3v) is 4.31. The highest BCUT2D eigenvalue weighted by atomic mass is 16.2. The minimum atomic E-state index is 0.108. The first-order valence-electron chi connectivity index (χ1n) is 7.35. The van der Waals surface area contributed by atoms with Crippen LogP contribution in [0.1, 0.15) is 36.5 Å². The van der Waals surface area contributed by atoms with Gasteiger partial charge in [0.25, 0.3) is 5.91 Å². The summed E-state index contributed by atoms with van der Waals surface area (Å²) in [5.74, 6) is 0.797. The van der Waals surface area contributed by atoms with E-state index in [1.807, 2.05) is 30.0 Å². The third kappa shape index (κ3) is 2.26. The van der Waals surface area contributed by atoms with Gasteiger partial charge < -0.3 is 15.6 Å². The number of fused-ring (bicyclic) bond motifs is 1. The number of anilines is 1. The van der Waals surface area contributed by atoms with Gasteiger partial charge in [-0.15, -0.1) is 0 Å². The van der Waals surface area contributed by atoms with Gasteiger partial charge in [-0.25, -0.2) is 0 Å². The Morgan fingerprint density at radius 2 is 2.25 bits per heavy atom. The van der Waals surface area contributed by atoms with Crippen LogP contribution >= 0.6 is 0 Å². The zero-order chi connectivity index (χ0) is 14.1. The number of rotatable bonds is 4. The number of carbonyl (C=O) groups excluding carboxylic acids is 1. The molecule has 0 bridgehead atoms. The van der Waals surface area contributed by atoms with E-state index >= 15 is 0 Å². The molecule has 106 valence electrons. The number of carbonyl (C=O) groups is 1. The monoisotopic (exact) mass is 271 g/mol. The fraction of sp³-hybridized carbons (Fsp3) is 0.438. The van der Waals surface area contributed by atoms with E-state index in [0.717, 1.165) is 29.6 Å².